The first-order valence-electron chi connectivity index (χ1n) is 7.70. The van der Waals surface area contributed by atoms with Gasteiger partial charge in [0.1, 0.15) is 5.01 Å². The normalized spacial score (nSPS) is 19.3. The van der Waals surface area contributed by atoms with Gasteiger partial charge in [-0.1, -0.05) is 34.5 Å². The van der Waals surface area contributed by atoms with Gasteiger partial charge in [0.15, 0.2) is 5.82 Å². The van der Waals surface area contributed by atoms with Crippen LogP contribution in [0.4, 0.5) is 0 Å². The molecule has 0 saturated carbocycles. The van der Waals surface area contributed by atoms with Crippen molar-refractivity contribution in [3.8, 4) is 10.6 Å². The van der Waals surface area contributed by atoms with E-state index < -0.39 is 9.24 Å². The van der Waals surface area contributed by atoms with Gasteiger partial charge in [-0.2, -0.15) is 22.3 Å². The number of halogens is 3. The Bertz CT molecular complexity index is 1080. The molecule has 1 atom stereocenters. The van der Waals surface area contributed by atoms with E-state index in [1.54, 1.807) is 22.7 Å². The molecular formula is C14H12Cl3N5O2S2. The predicted octanol–water partition coefficient (Wildman–Crippen LogP) is 3.82. The molecule has 0 aliphatic carbocycles. The standard InChI is InChI=1S/C14H12Cl3N5O2S2/c15-9-3-4-11(16)10(6-9)13-20-22-12(18-19-14(22)25-13)8-2-1-5-21(7-8)26(17,23)24/h3-4,6,8H,1-2,5,7H2. The summed E-state index contributed by atoms with van der Waals surface area (Å²) >= 11 is 13.7. The first-order valence-corrected chi connectivity index (χ1v) is 11.5. The van der Waals surface area contributed by atoms with Crippen molar-refractivity contribution in [2.75, 3.05) is 13.1 Å². The topological polar surface area (TPSA) is 80.5 Å². The molecule has 2 aromatic heterocycles. The van der Waals surface area contributed by atoms with Crippen LogP contribution in [0.25, 0.3) is 15.5 Å². The molecule has 12 heteroatoms. The van der Waals surface area contributed by atoms with Crippen LogP contribution in [0, 0.1) is 0 Å². The second-order valence-electron chi connectivity index (χ2n) is 5.92. The van der Waals surface area contributed by atoms with Crippen molar-refractivity contribution in [2.45, 2.75) is 18.8 Å². The van der Waals surface area contributed by atoms with Crippen molar-refractivity contribution in [3.05, 3.63) is 34.1 Å². The number of hydrogen-bond donors (Lipinski definition) is 0. The average Bonchev–Trinajstić information content (AvgIpc) is 3.17. The summed E-state index contributed by atoms with van der Waals surface area (Å²) in [5.41, 5.74) is 0.717. The summed E-state index contributed by atoms with van der Waals surface area (Å²) in [5, 5.41) is 14.7. The molecular weight excluding hydrogens is 441 g/mol. The minimum atomic E-state index is -3.75. The van der Waals surface area contributed by atoms with Gasteiger partial charge in [0.2, 0.25) is 4.96 Å². The molecule has 1 saturated heterocycles. The zero-order valence-corrected chi connectivity index (χ0v) is 17.0. The van der Waals surface area contributed by atoms with Gasteiger partial charge in [0.25, 0.3) is 9.24 Å². The van der Waals surface area contributed by atoms with Crippen LogP contribution in [-0.4, -0.2) is 45.6 Å². The van der Waals surface area contributed by atoms with Crippen LogP contribution in [0.5, 0.6) is 0 Å². The molecule has 0 bridgehead atoms. The van der Waals surface area contributed by atoms with E-state index in [0.29, 0.717) is 44.4 Å². The molecule has 1 aliphatic heterocycles. The van der Waals surface area contributed by atoms with Crippen molar-refractivity contribution in [2.24, 2.45) is 0 Å². The summed E-state index contributed by atoms with van der Waals surface area (Å²) in [6, 6.07) is 5.17. The maximum absolute atomic E-state index is 11.6. The first kappa shape index (κ1) is 18.4. The molecule has 0 spiro atoms. The van der Waals surface area contributed by atoms with E-state index in [-0.39, 0.29) is 12.5 Å². The van der Waals surface area contributed by atoms with Gasteiger partial charge in [0.05, 0.1) is 5.02 Å². The van der Waals surface area contributed by atoms with E-state index in [2.05, 4.69) is 15.3 Å². The minimum Gasteiger partial charge on any atom is -0.195 e. The second-order valence-corrected chi connectivity index (χ2v) is 10.2. The number of benzene rings is 1. The molecule has 1 unspecified atom stereocenters. The highest BCUT2D eigenvalue weighted by Crippen LogP contribution is 2.35. The van der Waals surface area contributed by atoms with Gasteiger partial charge in [-0.3, -0.25) is 0 Å². The van der Waals surface area contributed by atoms with Crippen molar-refractivity contribution < 1.29 is 8.42 Å². The molecule has 4 rings (SSSR count). The van der Waals surface area contributed by atoms with Crippen LogP contribution in [0.3, 0.4) is 0 Å². The third-order valence-corrected chi connectivity index (χ3v) is 7.26. The van der Waals surface area contributed by atoms with Crippen LogP contribution in [0.1, 0.15) is 24.6 Å². The number of nitrogens with zero attached hydrogens (tertiary/aromatic N) is 5. The van der Waals surface area contributed by atoms with Crippen LogP contribution in [0.15, 0.2) is 18.2 Å². The highest BCUT2D eigenvalue weighted by atomic mass is 35.7. The van der Waals surface area contributed by atoms with Crippen molar-refractivity contribution in [3.63, 3.8) is 0 Å². The maximum Gasteiger partial charge on any atom is 0.299 e. The van der Waals surface area contributed by atoms with E-state index in [9.17, 15) is 8.42 Å². The average molecular weight is 453 g/mol. The van der Waals surface area contributed by atoms with Crippen molar-refractivity contribution >= 4 is 59.4 Å². The van der Waals surface area contributed by atoms with Gasteiger partial charge in [0, 0.05) is 40.3 Å². The smallest absolute Gasteiger partial charge is 0.195 e. The Hall–Kier alpha value is -0.970. The van der Waals surface area contributed by atoms with Crippen molar-refractivity contribution in [1.82, 2.24) is 24.1 Å². The summed E-state index contributed by atoms with van der Waals surface area (Å²) in [6.07, 6.45) is 1.48. The molecule has 3 heterocycles. The zero-order valence-electron chi connectivity index (χ0n) is 13.1. The Balaban J connectivity index is 1.72. The number of hydrogen-bond acceptors (Lipinski definition) is 6. The predicted molar refractivity (Wildman–Crippen MR) is 102 cm³/mol. The SMILES string of the molecule is O=S(=O)(Cl)N1CCCC(c2nnc3sc(-c4cc(Cl)ccc4Cl)nn23)C1. The Kier molecular flexibility index (Phi) is 4.87. The Morgan fingerprint density at radius 2 is 2.04 bits per heavy atom. The molecule has 138 valence electrons. The van der Waals surface area contributed by atoms with E-state index in [1.165, 1.54) is 15.6 Å². The van der Waals surface area contributed by atoms with Crippen LogP contribution < -0.4 is 0 Å². The first-order chi connectivity index (χ1) is 12.3. The lowest BCUT2D eigenvalue weighted by Gasteiger charge is -2.28. The van der Waals surface area contributed by atoms with E-state index in [4.69, 9.17) is 33.9 Å². The second kappa shape index (κ2) is 6.88. The number of aromatic nitrogens is 4. The molecule has 0 N–H and O–H groups in total. The lowest BCUT2D eigenvalue weighted by atomic mass is 9.99. The summed E-state index contributed by atoms with van der Waals surface area (Å²) in [4.78, 5) is 0.608. The van der Waals surface area contributed by atoms with Gasteiger partial charge in [-0.15, -0.1) is 10.2 Å². The fraction of sp³-hybridized carbons (Fsp3) is 0.357. The molecule has 1 fully saturated rings. The van der Waals surface area contributed by atoms with E-state index >= 15 is 0 Å². The molecule has 0 radical (unpaired) electrons. The largest absolute Gasteiger partial charge is 0.299 e. The van der Waals surface area contributed by atoms with E-state index in [0.717, 1.165) is 6.42 Å². The molecule has 26 heavy (non-hydrogen) atoms. The summed E-state index contributed by atoms with van der Waals surface area (Å²) in [5.74, 6) is 0.489. The third kappa shape index (κ3) is 3.44. The summed E-state index contributed by atoms with van der Waals surface area (Å²) in [6.45, 7) is 0.669. The van der Waals surface area contributed by atoms with Gasteiger partial charge in [-0.25, -0.2) is 0 Å². The van der Waals surface area contributed by atoms with Crippen LogP contribution in [-0.2, 0) is 9.24 Å². The molecule has 7 nitrogen and oxygen atoms in total. The van der Waals surface area contributed by atoms with Gasteiger partial charge in [-0.05, 0) is 31.0 Å². The summed E-state index contributed by atoms with van der Waals surface area (Å²) in [7, 11) is 1.73. The molecule has 1 aliphatic rings. The third-order valence-electron chi connectivity index (χ3n) is 4.23. The Morgan fingerprint density at radius 1 is 1.23 bits per heavy atom. The van der Waals surface area contributed by atoms with Crippen molar-refractivity contribution in [1.29, 1.82) is 0 Å². The lowest BCUT2D eigenvalue weighted by molar-refractivity contribution is 0.312. The van der Waals surface area contributed by atoms with Crippen LogP contribution in [0.2, 0.25) is 10.0 Å². The lowest BCUT2D eigenvalue weighted by Crippen LogP contribution is -2.37. The monoisotopic (exact) mass is 451 g/mol. The minimum absolute atomic E-state index is 0.128. The quantitative estimate of drug-likeness (QED) is 0.564. The molecule has 1 aromatic carbocycles. The number of rotatable bonds is 3. The highest BCUT2D eigenvalue weighted by molar-refractivity contribution is 8.11. The number of fused-ring (bicyclic) bond motifs is 1. The maximum atomic E-state index is 11.6. The zero-order chi connectivity index (χ0) is 18.5. The summed E-state index contributed by atoms with van der Waals surface area (Å²) < 4.78 is 26.2. The fourth-order valence-electron chi connectivity index (χ4n) is 3.01. The number of piperidine rings is 1. The Morgan fingerprint density at radius 3 is 2.81 bits per heavy atom. The molecule has 3 aromatic rings. The fourth-order valence-corrected chi connectivity index (χ4v) is 5.40. The molecule has 0 amide bonds. The van der Waals surface area contributed by atoms with Gasteiger partial charge >= 0.3 is 0 Å². The van der Waals surface area contributed by atoms with Crippen LogP contribution >= 0.6 is 45.2 Å². The van der Waals surface area contributed by atoms with E-state index in [1.807, 2.05) is 0 Å². The van der Waals surface area contributed by atoms with Gasteiger partial charge < -0.3 is 0 Å². The highest BCUT2D eigenvalue weighted by Gasteiger charge is 2.31. The Labute approximate surface area is 168 Å².